The van der Waals surface area contributed by atoms with Crippen LogP contribution in [0, 0.1) is 22.7 Å². The largest absolute Gasteiger partial charge is 0.390 e. The predicted molar refractivity (Wildman–Crippen MR) is 89.4 cm³/mol. The number of nitrogen functional groups attached to an aromatic ring is 1. The third-order valence-corrected chi connectivity index (χ3v) is 5.65. The highest BCUT2D eigenvalue weighted by molar-refractivity contribution is 7.18. The van der Waals surface area contributed by atoms with Crippen molar-refractivity contribution in [2.45, 2.75) is 52.0 Å². The summed E-state index contributed by atoms with van der Waals surface area (Å²) in [4.78, 5) is 25.8. The summed E-state index contributed by atoms with van der Waals surface area (Å²) in [5, 5.41) is 13.0. The molecular formula is C17H21N3O2S. The summed E-state index contributed by atoms with van der Waals surface area (Å²) in [7, 11) is 0. The van der Waals surface area contributed by atoms with E-state index < -0.39 is 5.41 Å². The minimum atomic E-state index is -0.970. The Kier molecular flexibility index (Phi) is 3.93. The van der Waals surface area contributed by atoms with E-state index in [0.29, 0.717) is 34.7 Å². The number of Topliss-reactive ketones (excluding diaryl/α,β-unsaturated/α-hetero) is 1. The Balaban J connectivity index is 1.96. The van der Waals surface area contributed by atoms with Gasteiger partial charge in [-0.15, -0.1) is 11.3 Å². The number of anilines is 1. The van der Waals surface area contributed by atoms with E-state index in [2.05, 4.69) is 11.4 Å². The van der Waals surface area contributed by atoms with Gasteiger partial charge in [0.25, 0.3) is 5.91 Å². The van der Waals surface area contributed by atoms with Gasteiger partial charge < -0.3 is 11.1 Å². The Hall–Kier alpha value is -1.87. The van der Waals surface area contributed by atoms with Crippen LogP contribution in [0.25, 0.3) is 0 Å². The fraction of sp³-hybridized carbons (Fsp3) is 0.588. The summed E-state index contributed by atoms with van der Waals surface area (Å²) >= 11 is 1.16. The average Bonchev–Trinajstić information content (AvgIpc) is 3.22. The van der Waals surface area contributed by atoms with E-state index in [1.54, 1.807) is 0 Å². The number of fused-ring (bicyclic) bond motifs is 1. The Bertz CT molecular complexity index is 712. The van der Waals surface area contributed by atoms with E-state index in [4.69, 9.17) is 5.73 Å². The van der Waals surface area contributed by atoms with E-state index in [1.165, 1.54) is 0 Å². The van der Waals surface area contributed by atoms with Crippen molar-refractivity contribution in [1.82, 2.24) is 5.32 Å². The van der Waals surface area contributed by atoms with Gasteiger partial charge in [-0.1, -0.05) is 13.8 Å². The second-order valence-corrected chi connectivity index (χ2v) is 8.07. The van der Waals surface area contributed by atoms with E-state index >= 15 is 0 Å². The summed E-state index contributed by atoms with van der Waals surface area (Å²) in [5.74, 6) is -0.0733. The zero-order valence-corrected chi connectivity index (χ0v) is 14.3. The van der Waals surface area contributed by atoms with Gasteiger partial charge in [-0.2, -0.15) is 5.26 Å². The zero-order chi connectivity index (χ0) is 16.8. The lowest BCUT2D eigenvalue weighted by molar-refractivity contribution is 0.0810. The minimum Gasteiger partial charge on any atom is -0.390 e. The van der Waals surface area contributed by atoms with Crippen molar-refractivity contribution >= 4 is 28.0 Å². The molecule has 3 rings (SSSR count). The van der Waals surface area contributed by atoms with E-state index in [-0.39, 0.29) is 23.7 Å². The molecule has 1 aromatic heterocycles. The van der Waals surface area contributed by atoms with E-state index in [9.17, 15) is 14.9 Å². The van der Waals surface area contributed by atoms with Gasteiger partial charge in [-0.05, 0) is 43.6 Å². The van der Waals surface area contributed by atoms with Gasteiger partial charge in [-0.25, -0.2) is 0 Å². The minimum absolute atomic E-state index is 0.155. The lowest BCUT2D eigenvalue weighted by Gasteiger charge is -2.30. The third-order valence-electron chi connectivity index (χ3n) is 4.59. The van der Waals surface area contributed by atoms with E-state index in [0.717, 1.165) is 29.7 Å². The van der Waals surface area contributed by atoms with Crippen molar-refractivity contribution in [3.05, 3.63) is 16.0 Å². The summed E-state index contributed by atoms with van der Waals surface area (Å²) in [6.45, 7) is 4.03. The Morgan fingerprint density at radius 2 is 2.22 bits per heavy atom. The van der Waals surface area contributed by atoms with Crippen LogP contribution in [0.2, 0.25) is 0 Å². The number of nitrogens with two attached hydrogens (primary N) is 1. The number of nitrogens with zero attached hydrogens (tertiary/aromatic N) is 1. The van der Waals surface area contributed by atoms with Crippen molar-refractivity contribution in [3.8, 4) is 6.07 Å². The highest BCUT2D eigenvalue weighted by Gasteiger charge is 2.46. The fourth-order valence-electron chi connectivity index (χ4n) is 3.35. The first-order valence-corrected chi connectivity index (χ1v) is 8.87. The molecule has 0 aliphatic heterocycles. The molecule has 0 bridgehead atoms. The van der Waals surface area contributed by atoms with Gasteiger partial charge in [0.1, 0.15) is 5.41 Å². The third kappa shape index (κ3) is 2.74. The lowest BCUT2D eigenvalue weighted by atomic mass is 9.69. The quantitative estimate of drug-likeness (QED) is 0.886. The maximum absolute atomic E-state index is 12.9. The smallest absolute Gasteiger partial charge is 0.254 e. The highest BCUT2D eigenvalue weighted by atomic mass is 32.1. The zero-order valence-electron chi connectivity index (χ0n) is 13.4. The molecule has 1 aromatic rings. The number of nitrogens with one attached hydrogen (secondary N) is 1. The molecule has 1 fully saturated rings. The van der Waals surface area contributed by atoms with Crippen LogP contribution in [-0.4, -0.2) is 17.7 Å². The second-order valence-electron chi connectivity index (χ2n) is 7.02. The van der Waals surface area contributed by atoms with Gasteiger partial charge in [0.2, 0.25) is 0 Å². The molecule has 122 valence electrons. The molecule has 3 N–H and O–H groups in total. The number of amides is 1. The van der Waals surface area contributed by atoms with Crippen molar-refractivity contribution in [1.29, 1.82) is 5.26 Å². The van der Waals surface area contributed by atoms with Crippen LogP contribution in [0.5, 0.6) is 0 Å². The first-order chi connectivity index (χ1) is 10.9. The van der Waals surface area contributed by atoms with E-state index in [1.807, 2.05) is 13.8 Å². The van der Waals surface area contributed by atoms with Gasteiger partial charge in [-0.3, -0.25) is 9.59 Å². The maximum atomic E-state index is 12.9. The molecule has 2 aliphatic rings. The Morgan fingerprint density at radius 3 is 2.78 bits per heavy atom. The average molecular weight is 331 g/mol. The Morgan fingerprint density at radius 1 is 1.52 bits per heavy atom. The molecule has 0 radical (unpaired) electrons. The summed E-state index contributed by atoms with van der Waals surface area (Å²) in [5.41, 5.74) is 6.27. The molecule has 1 amide bonds. The molecule has 23 heavy (non-hydrogen) atoms. The van der Waals surface area contributed by atoms with Gasteiger partial charge in [0, 0.05) is 6.04 Å². The summed E-state index contributed by atoms with van der Waals surface area (Å²) in [6.07, 6.45) is 3.57. The number of ketones is 1. The molecule has 2 aliphatic carbocycles. The summed E-state index contributed by atoms with van der Waals surface area (Å²) in [6, 6.07) is 2.50. The monoisotopic (exact) mass is 331 g/mol. The molecule has 1 atom stereocenters. The van der Waals surface area contributed by atoms with Crippen LogP contribution in [0.4, 0.5) is 5.00 Å². The lowest BCUT2D eigenvalue weighted by Crippen LogP contribution is -2.36. The van der Waals surface area contributed by atoms with Crippen molar-refractivity contribution < 1.29 is 9.59 Å². The number of hydrogen-bond acceptors (Lipinski definition) is 5. The van der Waals surface area contributed by atoms with Crippen LogP contribution >= 0.6 is 11.3 Å². The molecule has 0 aromatic carbocycles. The molecule has 1 saturated carbocycles. The Labute approximate surface area is 139 Å². The highest BCUT2D eigenvalue weighted by Crippen LogP contribution is 2.45. The van der Waals surface area contributed by atoms with Crippen LogP contribution < -0.4 is 11.1 Å². The number of carbonyl (C=O) groups excluding carboxylic acids is 2. The SMILES string of the molecule is CC(C)CC1(C#N)CCc2c(sc(N)c2C(=O)NC2CC2)C1=O. The van der Waals surface area contributed by atoms with Crippen molar-refractivity contribution in [2.24, 2.45) is 11.3 Å². The van der Waals surface area contributed by atoms with Crippen LogP contribution in [0.15, 0.2) is 0 Å². The van der Waals surface area contributed by atoms with Crippen molar-refractivity contribution in [2.75, 3.05) is 5.73 Å². The normalized spacial score (nSPS) is 23.5. The molecule has 1 unspecified atom stereocenters. The maximum Gasteiger partial charge on any atom is 0.254 e. The fourth-order valence-corrected chi connectivity index (χ4v) is 4.51. The second kappa shape index (κ2) is 5.64. The predicted octanol–water partition coefficient (Wildman–Crippen LogP) is 2.91. The topological polar surface area (TPSA) is 96.0 Å². The standard InChI is InChI=1S/C17H21N3O2S/c1-9(2)7-17(8-18)6-5-11-12(16(22)20-10-3-4-10)15(19)23-13(11)14(17)21/h9-10H,3-7,19H2,1-2H3,(H,20,22). The number of carbonyl (C=O) groups is 2. The molecule has 0 spiro atoms. The van der Waals surface area contributed by atoms with Gasteiger partial charge in [0.05, 0.1) is 21.5 Å². The number of rotatable bonds is 4. The molecular weight excluding hydrogens is 310 g/mol. The number of hydrogen-bond donors (Lipinski definition) is 2. The first kappa shape index (κ1) is 16.0. The molecule has 1 heterocycles. The van der Waals surface area contributed by atoms with Crippen molar-refractivity contribution in [3.63, 3.8) is 0 Å². The van der Waals surface area contributed by atoms with Crippen LogP contribution in [-0.2, 0) is 6.42 Å². The first-order valence-electron chi connectivity index (χ1n) is 8.06. The molecule has 0 saturated heterocycles. The number of thiophene rings is 1. The summed E-state index contributed by atoms with van der Waals surface area (Å²) < 4.78 is 0. The molecule has 6 heteroatoms. The van der Waals surface area contributed by atoms with Gasteiger partial charge in [0.15, 0.2) is 5.78 Å². The van der Waals surface area contributed by atoms with Crippen LogP contribution in [0.1, 0.15) is 65.1 Å². The number of nitriles is 1. The van der Waals surface area contributed by atoms with Gasteiger partial charge >= 0.3 is 0 Å². The van der Waals surface area contributed by atoms with Crippen LogP contribution in [0.3, 0.4) is 0 Å². The molecule has 5 nitrogen and oxygen atoms in total.